The number of amides is 2. The summed E-state index contributed by atoms with van der Waals surface area (Å²) in [6, 6.07) is 22.1. The molecule has 0 saturated carbocycles. The standard InChI is InChI=1S/C31H31ClN4O4/c1-21-8-10-23(11-9-21)30(38)35(18-27-7-4-16-40-27)20-29(37)34-31-33-28(22-12-14-24(32)15-13-22)19-36(31)25-5-3-6-26(17-25)39-2/h3,5-6,8-15,17,19,27H,4,7,16,18,20H2,1-2H3,(H,33,34,37). The molecule has 1 aliphatic heterocycles. The number of carbonyl (C=O) groups excluding carboxylic acids is 2. The average molecular weight is 559 g/mol. The number of carbonyl (C=O) groups is 2. The van der Waals surface area contributed by atoms with Crippen LogP contribution in [0.2, 0.25) is 5.02 Å². The van der Waals surface area contributed by atoms with Crippen LogP contribution in [0.3, 0.4) is 0 Å². The van der Waals surface area contributed by atoms with E-state index in [0.29, 0.717) is 41.1 Å². The fourth-order valence-corrected chi connectivity index (χ4v) is 4.78. The number of imidazole rings is 1. The van der Waals surface area contributed by atoms with Crippen molar-refractivity contribution in [3.05, 3.63) is 95.1 Å². The highest BCUT2D eigenvalue weighted by molar-refractivity contribution is 6.30. The van der Waals surface area contributed by atoms with E-state index < -0.39 is 0 Å². The Balaban J connectivity index is 1.42. The SMILES string of the molecule is COc1cccc(-n2cc(-c3ccc(Cl)cc3)nc2NC(=O)CN(CC2CCCO2)C(=O)c2ccc(C)cc2)c1. The van der Waals surface area contributed by atoms with Crippen LogP contribution in [0.5, 0.6) is 5.75 Å². The Labute approximate surface area is 238 Å². The van der Waals surface area contributed by atoms with E-state index in [9.17, 15) is 9.59 Å². The quantitative estimate of drug-likeness (QED) is 0.282. The second-order valence-electron chi connectivity index (χ2n) is 9.76. The van der Waals surface area contributed by atoms with Gasteiger partial charge in [0.05, 0.1) is 24.6 Å². The first-order chi connectivity index (χ1) is 19.4. The van der Waals surface area contributed by atoms with Crippen molar-refractivity contribution in [3.8, 4) is 22.7 Å². The maximum Gasteiger partial charge on any atom is 0.254 e. The van der Waals surface area contributed by atoms with Crippen LogP contribution in [0, 0.1) is 6.92 Å². The highest BCUT2D eigenvalue weighted by Gasteiger charge is 2.26. The van der Waals surface area contributed by atoms with Crippen molar-refractivity contribution < 1.29 is 19.1 Å². The van der Waals surface area contributed by atoms with E-state index in [1.165, 1.54) is 0 Å². The molecule has 1 fully saturated rings. The second-order valence-corrected chi connectivity index (χ2v) is 10.2. The predicted molar refractivity (Wildman–Crippen MR) is 155 cm³/mol. The highest BCUT2D eigenvalue weighted by atomic mass is 35.5. The molecule has 1 unspecified atom stereocenters. The Bertz CT molecular complexity index is 1480. The Morgan fingerprint density at radius 1 is 1.12 bits per heavy atom. The zero-order chi connectivity index (χ0) is 28.1. The van der Waals surface area contributed by atoms with E-state index in [-0.39, 0.29) is 24.5 Å². The zero-order valence-electron chi connectivity index (χ0n) is 22.5. The molecule has 1 aliphatic rings. The van der Waals surface area contributed by atoms with E-state index >= 15 is 0 Å². The first-order valence-electron chi connectivity index (χ1n) is 13.2. The van der Waals surface area contributed by atoms with Gasteiger partial charge in [0.25, 0.3) is 5.91 Å². The summed E-state index contributed by atoms with van der Waals surface area (Å²) in [4.78, 5) is 33.2. The van der Waals surface area contributed by atoms with Gasteiger partial charge in [-0.25, -0.2) is 4.98 Å². The van der Waals surface area contributed by atoms with Crippen LogP contribution < -0.4 is 10.1 Å². The van der Waals surface area contributed by atoms with Crippen LogP contribution in [0.25, 0.3) is 16.9 Å². The molecule has 0 spiro atoms. The van der Waals surface area contributed by atoms with Crippen molar-refractivity contribution in [2.24, 2.45) is 0 Å². The third kappa shape index (κ3) is 6.52. The predicted octanol–water partition coefficient (Wildman–Crippen LogP) is 5.77. The first kappa shape index (κ1) is 27.4. The number of nitrogens with zero attached hydrogens (tertiary/aromatic N) is 3. The number of methoxy groups -OCH3 is 1. The molecule has 4 aromatic rings. The van der Waals surface area contributed by atoms with Gasteiger partial charge < -0.3 is 14.4 Å². The first-order valence-corrected chi connectivity index (χ1v) is 13.5. The fraction of sp³-hybridized carbons (Fsp3) is 0.258. The van der Waals surface area contributed by atoms with Gasteiger partial charge in [-0.05, 0) is 56.2 Å². The summed E-state index contributed by atoms with van der Waals surface area (Å²) in [5.41, 5.74) is 3.84. The number of aromatic nitrogens is 2. The van der Waals surface area contributed by atoms with Crippen LogP contribution in [-0.4, -0.2) is 59.2 Å². The number of nitrogens with one attached hydrogen (secondary N) is 1. The minimum absolute atomic E-state index is 0.0996. The number of hydrogen-bond acceptors (Lipinski definition) is 5. The number of ether oxygens (including phenoxy) is 2. The molecule has 1 aromatic heterocycles. The van der Waals surface area contributed by atoms with E-state index in [1.807, 2.05) is 61.7 Å². The molecule has 0 radical (unpaired) electrons. The van der Waals surface area contributed by atoms with Gasteiger partial charge in [0, 0.05) is 41.6 Å². The topological polar surface area (TPSA) is 85.7 Å². The summed E-state index contributed by atoms with van der Waals surface area (Å²) in [6.07, 6.45) is 3.53. The van der Waals surface area contributed by atoms with Gasteiger partial charge in [0.1, 0.15) is 12.3 Å². The third-order valence-corrected chi connectivity index (χ3v) is 7.05. The molecule has 3 aromatic carbocycles. The van der Waals surface area contributed by atoms with Gasteiger partial charge in [-0.3, -0.25) is 19.5 Å². The molecule has 8 nitrogen and oxygen atoms in total. The van der Waals surface area contributed by atoms with Crippen molar-refractivity contribution in [1.82, 2.24) is 14.5 Å². The largest absolute Gasteiger partial charge is 0.497 e. The van der Waals surface area contributed by atoms with Gasteiger partial charge in [-0.1, -0.05) is 47.5 Å². The van der Waals surface area contributed by atoms with Gasteiger partial charge in [0.15, 0.2) is 0 Å². The smallest absolute Gasteiger partial charge is 0.254 e. The van der Waals surface area contributed by atoms with Crippen LogP contribution in [0.4, 0.5) is 5.95 Å². The molecular weight excluding hydrogens is 528 g/mol. The third-order valence-electron chi connectivity index (χ3n) is 6.80. The van der Waals surface area contributed by atoms with Gasteiger partial charge in [-0.2, -0.15) is 0 Å². The average Bonchev–Trinajstić information content (AvgIpc) is 3.63. The summed E-state index contributed by atoms with van der Waals surface area (Å²) < 4.78 is 13.0. The normalized spacial score (nSPS) is 14.6. The number of rotatable bonds is 9. The number of hydrogen-bond donors (Lipinski definition) is 1. The summed E-state index contributed by atoms with van der Waals surface area (Å²) in [7, 11) is 1.60. The van der Waals surface area contributed by atoms with Crippen LogP contribution >= 0.6 is 11.6 Å². The van der Waals surface area contributed by atoms with Gasteiger partial charge >= 0.3 is 0 Å². The number of anilines is 1. The molecule has 2 amide bonds. The lowest BCUT2D eigenvalue weighted by Gasteiger charge is -2.25. The van der Waals surface area contributed by atoms with Crippen LogP contribution in [-0.2, 0) is 9.53 Å². The van der Waals surface area contributed by atoms with Gasteiger partial charge in [-0.15, -0.1) is 0 Å². The molecule has 40 heavy (non-hydrogen) atoms. The van der Waals surface area contributed by atoms with E-state index in [1.54, 1.807) is 40.8 Å². The molecule has 1 atom stereocenters. The lowest BCUT2D eigenvalue weighted by atomic mass is 10.1. The minimum atomic E-state index is -0.365. The summed E-state index contributed by atoms with van der Waals surface area (Å²) in [5.74, 6) is 0.408. The minimum Gasteiger partial charge on any atom is -0.497 e. The van der Waals surface area contributed by atoms with E-state index in [0.717, 1.165) is 29.7 Å². The maximum atomic E-state index is 13.5. The van der Waals surface area contributed by atoms with Crippen molar-refractivity contribution in [1.29, 1.82) is 0 Å². The molecule has 1 saturated heterocycles. The van der Waals surface area contributed by atoms with E-state index in [4.69, 9.17) is 26.1 Å². The van der Waals surface area contributed by atoms with Crippen molar-refractivity contribution in [2.45, 2.75) is 25.9 Å². The summed E-state index contributed by atoms with van der Waals surface area (Å²) in [6.45, 7) is 2.82. The Hall–Kier alpha value is -4.14. The van der Waals surface area contributed by atoms with Crippen LogP contribution in [0.1, 0.15) is 28.8 Å². The molecule has 1 N–H and O–H groups in total. The lowest BCUT2D eigenvalue weighted by Crippen LogP contribution is -2.42. The Morgan fingerprint density at radius 3 is 2.60 bits per heavy atom. The summed E-state index contributed by atoms with van der Waals surface area (Å²) in [5, 5.41) is 3.55. The zero-order valence-corrected chi connectivity index (χ0v) is 23.2. The fourth-order valence-electron chi connectivity index (χ4n) is 4.66. The molecule has 5 rings (SSSR count). The number of benzene rings is 3. The molecule has 2 heterocycles. The second kappa shape index (κ2) is 12.4. The van der Waals surface area contributed by atoms with Crippen molar-refractivity contribution in [3.63, 3.8) is 0 Å². The number of aryl methyl sites for hydroxylation is 1. The molecule has 0 aliphatic carbocycles. The lowest BCUT2D eigenvalue weighted by molar-refractivity contribution is -0.117. The molecule has 9 heteroatoms. The Kier molecular flexibility index (Phi) is 8.48. The van der Waals surface area contributed by atoms with Crippen LogP contribution in [0.15, 0.2) is 79.0 Å². The highest BCUT2D eigenvalue weighted by Crippen LogP contribution is 2.27. The molecule has 0 bridgehead atoms. The van der Waals surface area contributed by atoms with E-state index in [2.05, 4.69) is 5.32 Å². The molecule has 206 valence electrons. The maximum absolute atomic E-state index is 13.5. The monoisotopic (exact) mass is 558 g/mol. The van der Waals surface area contributed by atoms with Crippen molar-refractivity contribution in [2.75, 3.05) is 32.1 Å². The number of halogens is 1. The van der Waals surface area contributed by atoms with Gasteiger partial charge in [0.2, 0.25) is 11.9 Å². The Morgan fingerprint density at radius 2 is 1.90 bits per heavy atom. The summed E-state index contributed by atoms with van der Waals surface area (Å²) >= 11 is 6.08. The van der Waals surface area contributed by atoms with Crippen molar-refractivity contribution >= 4 is 29.4 Å². The molecular formula is C31H31ClN4O4.